The van der Waals surface area contributed by atoms with Crippen molar-refractivity contribution < 1.29 is 14.2 Å². The van der Waals surface area contributed by atoms with Gasteiger partial charge in [0.25, 0.3) is 0 Å². The van der Waals surface area contributed by atoms with E-state index in [4.69, 9.17) is 19.9 Å². The molecule has 4 heteroatoms. The van der Waals surface area contributed by atoms with E-state index in [0.717, 1.165) is 12.1 Å². The Balaban J connectivity index is 1.95. The fourth-order valence-corrected chi connectivity index (χ4v) is 1.34. The first kappa shape index (κ1) is 14.0. The molecule has 0 aliphatic heterocycles. The first-order chi connectivity index (χ1) is 8.33. The average molecular weight is 239 g/mol. The molecule has 0 aliphatic rings. The third-order valence-electron chi connectivity index (χ3n) is 2.32. The predicted molar refractivity (Wildman–Crippen MR) is 68.1 cm³/mol. The van der Waals surface area contributed by atoms with Crippen molar-refractivity contribution in [3.63, 3.8) is 0 Å². The summed E-state index contributed by atoms with van der Waals surface area (Å²) < 4.78 is 15.6. The summed E-state index contributed by atoms with van der Waals surface area (Å²) in [5.74, 6) is 0. The van der Waals surface area contributed by atoms with Gasteiger partial charge in [0.1, 0.15) is 0 Å². The van der Waals surface area contributed by atoms with Crippen LogP contribution in [0, 0.1) is 0 Å². The molecule has 0 heterocycles. The van der Waals surface area contributed by atoms with Crippen LogP contribution in [0.25, 0.3) is 0 Å². The first-order valence-corrected chi connectivity index (χ1v) is 5.82. The second-order valence-electron chi connectivity index (χ2n) is 3.71. The topological polar surface area (TPSA) is 53.7 Å². The molecular formula is C13H21NO3. The number of methoxy groups -OCH3 is 1. The second-order valence-corrected chi connectivity index (χ2v) is 3.71. The van der Waals surface area contributed by atoms with Gasteiger partial charge in [-0.2, -0.15) is 0 Å². The number of ether oxygens (including phenoxy) is 3. The Morgan fingerprint density at radius 3 is 2.12 bits per heavy atom. The van der Waals surface area contributed by atoms with Gasteiger partial charge in [0, 0.05) is 12.8 Å². The van der Waals surface area contributed by atoms with Gasteiger partial charge in [-0.25, -0.2) is 0 Å². The fraction of sp³-hybridized carbons (Fsp3) is 0.538. The van der Waals surface area contributed by atoms with E-state index in [1.54, 1.807) is 7.11 Å². The summed E-state index contributed by atoms with van der Waals surface area (Å²) in [6.45, 7) is 3.20. The maximum atomic E-state index is 5.60. The maximum Gasteiger partial charge on any atom is 0.0701 e. The lowest BCUT2D eigenvalue weighted by Crippen LogP contribution is -2.09. The summed E-state index contributed by atoms with van der Waals surface area (Å²) in [4.78, 5) is 0. The molecule has 0 amide bonds. The summed E-state index contributed by atoms with van der Waals surface area (Å²) in [5, 5.41) is 0. The number of hydrogen-bond acceptors (Lipinski definition) is 4. The monoisotopic (exact) mass is 239 g/mol. The molecule has 0 spiro atoms. The smallest absolute Gasteiger partial charge is 0.0701 e. The molecule has 1 rings (SSSR count). The van der Waals surface area contributed by atoms with E-state index in [1.807, 2.05) is 24.3 Å². The van der Waals surface area contributed by atoms with Crippen LogP contribution in [0.3, 0.4) is 0 Å². The highest BCUT2D eigenvalue weighted by molar-refractivity contribution is 5.39. The van der Waals surface area contributed by atoms with Crippen molar-refractivity contribution in [1.82, 2.24) is 0 Å². The van der Waals surface area contributed by atoms with Gasteiger partial charge in [-0.3, -0.25) is 0 Å². The normalized spacial score (nSPS) is 10.6. The van der Waals surface area contributed by atoms with Crippen molar-refractivity contribution in [3.8, 4) is 0 Å². The van der Waals surface area contributed by atoms with Gasteiger partial charge in [-0.05, 0) is 24.1 Å². The van der Waals surface area contributed by atoms with Gasteiger partial charge in [-0.1, -0.05) is 12.1 Å². The Labute approximate surface area is 103 Å². The van der Waals surface area contributed by atoms with Crippen molar-refractivity contribution in [3.05, 3.63) is 29.8 Å². The van der Waals surface area contributed by atoms with Crippen LogP contribution in [0.4, 0.5) is 5.69 Å². The number of nitrogen functional groups attached to an aromatic ring is 1. The van der Waals surface area contributed by atoms with Gasteiger partial charge in [0.2, 0.25) is 0 Å². The van der Waals surface area contributed by atoms with E-state index < -0.39 is 0 Å². The van der Waals surface area contributed by atoms with Crippen LogP contribution in [0.1, 0.15) is 5.56 Å². The van der Waals surface area contributed by atoms with Crippen molar-refractivity contribution in [2.75, 3.05) is 45.9 Å². The molecule has 1 aromatic carbocycles. The molecule has 0 saturated carbocycles. The van der Waals surface area contributed by atoms with Crippen molar-refractivity contribution in [2.45, 2.75) is 6.42 Å². The number of anilines is 1. The summed E-state index contributed by atoms with van der Waals surface area (Å²) in [6, 6.07) is 7.86. The molecule has 0 atom stereocenters. The minimum Gasteiger partial charge on any atom is -0.399 e. The lowest BCUT2D eigenvalue weighted by atomic mass is 10.1. The predicted octanol–water partition coefficient (Wildman–Crippen LogP) is 1.49. The van der Waals surface area contributed by atoms with E-state index in [1.165, 1.54) is 5.56 Å². The quantitative estimate of drug-likeness (QED) is 0.524. The van der Waals surface area contributed by atoms with Gasteiger partial charge in [-0.15, -0.1) is 0 Å². The number of hydrogen-bond donors (Lipinski definition) is 1. The highest BCUT2D eigenvalue weighted by Gasteiger charge is 1.94. The zero-order valence-corrected chi connectivity index (χ0v) is 10.4. The van der Waals surface area contributed by atoms with Gasteiger partial charge in [0.05, 0.1) is 33.0 Å². The Bertz CT molecular complexity index is 287. The van der Waals surface area contributed by atoms with Crippen LogP contribution in [-0.4, -0.2) is 40.1 Å². The van der Waals surface area contributed by atoms with Gasteiger partial charge in [0.15, 0.2) is 0 Å². The average Bonchev–Trinajstić information content (AvgIpc) is 2.35. The molecule has 2 N–H and O–H groups in total. The molecule has 17 heavy (non-hydrogen) atoms. The summed E-state index contributed by atoms with van der Waals surface area (Å²) in [6.07, 6.45) is 0.901. The van der Waals surface area contributed by atoms with Crippen LogP contribution in [-0.2, 0) is 20.6 Å². The highest BCUT2D eigenvalue weighted by Crippen LogP contribution is 2.05. The lowest BCUT2D eigenvalue weighted by Gasteiger charge is -2.05. The molecule has 4 nitrogen and oxygen atoms in total. The SMILES string of the molecule is COCCOCCOCCc1ccc(N)cc1. The van der Waals surface area contributed by atoms with Crippen LogP contribution < -0.4 is 5.73 Å². The van der Waals surface area contributed by atoms with Crippen LogP contribution >= 0.6 is 0 Å². The Morgan fingerprint density at radius 1 is 0.882 bits per heavy atom. The summed E-state index contributed by atoms with van der Waals surface area (Å²) >= 11 is 0. The summed E-state index contributed by atoms with van der Waals surface area (Å²) in [5.41, 5.74) is 7.63. The molecule has 0 unspecified atom stereocenters. The third kappa shape index (κ3) is 6.94. The largest absolute Gasteiger partial charge is 0.399 e. The van der Waals surface area contributed by atoms with Crippen LogP contribution in [0.15, 0.2) is 24.3 Å². The molecule has 96 valence electrons. The number of rotatable bonds is 9. The van der Waals surface area contributed by atoms with Gasteiger partial charge >= 0.3 is 0 Å². The van der Waals surface area contributed by atoms with E-state index in [2.05, 4.69) is 0 Å². The minimum absolute atomic E-state index is 0.616. The number of nitrogens with two attached hydrogens (primary N) is 1. The molecule has 1 aromatic rings. The van der Waals surface area contributed by atoms with Crippen LogP contribution in [0.5, 0.6) is 0 Å². The Morgan fingerprint density at radius 2 is 1.47 bits per heavy atom. The Hall–Kier alpha value is -1.10. The van der Waals surface area contributed by atoms with E-state index in [0.29, 0.717) is 33.0 Å². The Kier molecular flexibility index (Phi) is 7.38. The standard InChI is InChI=1S/C13H21NO3/c1-15-8-9-17-11-10-16-7-6-12-2-4-13(14)5-3-12/h2-5H,6-11,14H2,1H3. The van der Waals surface area contributed by atoms with Crippen molar-refractivity contribution >= 4 is 5.69 Å². The van der Waals surface area contributed by atoms with E-state index in [-0.39, 0.29) is 0 Å². The van der Waals surface area contributed by atoms with Crippen molar-refractivity contribution in [2.24, 2.45) is 0 Å². The molecule has 0 saturated heterocycles. The van der Waals surface area contributed by atoms with Gasteiger partial charge < -0.3 is 19.9 Å². The molecule has 0 aliphatic carbocycles. The lowest BCUT2D eigenvalue weighted by molar-refractivity contribution is 0.0255. The highest BCUT2D eigenvalue weighted by atomic mass is 16.5. The first-order valence-electron chi connectivity index (χ1n) is 5.82. The zero-order chi connectivity index (χ0) is 12.3. The van der Waals surface area contributed by atoms with Crippen LogP contribution in [0.2, 0.25) is 0 Å². The molecule has 0 aromatic heterocycles. The third-order valence-corrected chi connectivity index (χ3v) is 2.32. The van der Waals surface area contributed by atoms with E-state index >= 15 is 0 Å². The molecule has 0 bridgehead atoms. The second kappa shape index (κ2) is 8.98. The molecular weight excluding hydrogens is 218 g/mol. The van der Waals surface area contributed by atoms with Crippen molar-refractivity contribution in [1.29, 1.82) is 0 Å². The maximum absolute atomic E-state index is 5.60. The number of benzene rings is 1. The molecule has 0 radical (unpaired) electrons. The fourth-order valence-electron chi connectivity index (χ4n) is 1.34. The zero-order valence-electron chi connectivity index (χ0n) is 10.4. The minimum atomic E-state index is 0.616. The van der Waals surface area contributed by atoms with E-state index in [9.17, 15) is 0 Å². The summed E-state index contributed by atoms with van der Waals surface area (Å²) in [7, 11) is 1.66. The molecule has 0 fully saturated rings.